The summed E-state index contributed by atoms with van der Waals surface area (Å²) in [5, 5.41) is 0. The third-order valence-corrected chi connectivity index (χ3v) is 4.24. The van der Waals surface area contributed by atoms with Crippen LogP contribution in [0.15, 0.2) is 0 Å². The summed E-state index contributed by atoms with van der Waals surface area (Å²) in [5.41, 5.74) is 0. The lowest BCUT2D eigenvalue weighted by Gasteiger charge is -2.20. The Morgan fingerprint density at radius 1 is 1.33 bits per heavy atom. The van der Waals surface area contributed by atoms with Crippen LogP contribution >= 0.6 is 0 Å². The Hall–Kier alpha value is -0.660. The summed E-state index contributed by atoms with van der Waals surface area (Å²) in [7, 11) is -2.09. The second-order valence-corrected chi connectivity index (χ2v) is 6.14. The molecule has 0 saturated carbocycles. The zero-order valence-corrected chi connectivity index (χ0v) is 12.3. The van der Waals surface area contributed by atoms with Crippen molar-refractivity contribution in [1.29, 1.82) is 0 Å². The molecule has 0 amide bonds. The Bertz CT molecular complexity index is 339. The molecule has 108 valence electrons. The van der Waals surface area contributed by atoms with Gasteiger partial charge in [-0.25, -0.2) is 12.7 Å². The van der Waals surface area contributed by atoms with Crippen molar-refractivity contribution in [1.82, 2.24) is 4.31 Å². The first kappa shape index (κ1) is 17.3. The summed E-state index contributed by atoms with van der Waals surface area (Å²) < 4.78 is 34.9. The largest absolute Gasteiger partial charge is 0.469 e. The second kappa shape index (κ2) is 8.44. The molecule has 0 N–H and O–H groups in total. The molecule has 0 radical (unpaired) electrons. The molecule has 0 aliphatic rings. The minimum atomic E-state index is -3.37. The SMILES string of the molecule is CCN(CCC(=O)OC)S(=O)(=O)CCOC(C)C. The standard InChI is InChI=1S/C11H23NO5S/c1-5-12(7-6-11(13)16-4)18(14,15)9-8-17-10(2)3/h10H,5-9H2,1-4H3. The van der Waals surface area contributed by atoms with Crippen molar-refractivity contribution in [3.05, 3.63) is 0 Å². The molecule has 7 heteroatoms. The van der Waals surface area contributed by atoms with E-state index < -0.39 is 16.0 Å². The van der Waals surface area contributed by atoms with Crippen LogP contribution < -0.4 is 0 Å². The number of hydrogen-bond donors (Lipinski definition) is 0. The van der Waals surface area contributed by atoms with Gasteiger partial charge in [-0.1, -0.05) is 6.92 Å². The van der Waals surface area contributed by atoms with Crippen molar-refractivity contribution in [2.45, 2.75) is 33.3 Å². The summed E-state index contributed by atoms with van der Waals surface area (Å²) in [6.45, 7) is 6.07. The summed E-state index contributed by atoms with van der Waals surface area (Å²) in [6.07, 6.45) is 0.0690. The van der Waals surface area contributed by atoms with Gasteiger partial charge in [-0.3, -0.25) is 4.79 Å². The number of rotatable bonds is 9. The lowest BCUT2D eigenvalue weighted by Crippen LogP contribution is -2.36. The van der Waals surface area contributed by atoms with E-state index in [0.717, 1.165) is 0 Å². The molecule has 0 bridgehead atoms. The first-order chi connectivity index (χ1) is 8.33. The average molecular weight is 281 g/mol. The summed E-state index contributed by atoms with van der Waals surface area (Å²) in [4.78, 5) is 11.0. The van der Waals surface area contributed by atoms with Crippen molar-refractivity contribution in [3.63, 3.8) is 0 Å². The van der Waals surface area contributed by atoms with Crippen molar-refractivity contribution in [2.24, 2.45) is 0 Å². The minimum absolute atomic E-state index is 0.00495. The highest BCUT2D eigenvalue weighted by atomic mass is 32.2. The Morgan fingerprint density at radius 3 is 2.39 bits per heavy atom. The first-order valence-electron chi connectivity index (χ1n) is 5.99. The second-order valence-electron chi connectivity index (χ2n) is 4.05. The Balaban J connectivity index is 4.29. The number of hydrogen-bond acceptors (Lipinski definition) is 5. The maximum atomic E-state index is 11.9. The van der Waals surface area contributed by atoms with Crippen molar-refractivity contribution in [2.75, 3.05) is 32.6 Å². The van der Waals surface area contributed by atoms with E-state index in [1.165, 1.54) is 11.4 Å². The predicted octanol–water partition coefficient (Wildman–Crippen LogP) is 0.626. The molecule has 0 rings (SSSR count). The maximum absolute atomic E-state index is 11.9. The molecule has 0 spiro atoms. The van der Waals surface area contributed by atoms with E-state index in [4.69, 9.17) is 4.74 Å². The third-order valence-electron chi connectivity index (χ3n) is 2.33. The van der Waals surface area contributed by atoms with Crippen LogP contribution in [0.25, 0.3) is 0 Å². The minimum Gasteiger partial charge on any atom is -0.469 e. The van der Waals surface area contributed by atoms with Gasteiger partial charge in [-0.15, -0.1) is 0 Å². The van der Waals surface area contributed by atoms with Gasteiger partial charge in [-0.05, 0) is 13.8 Å². The van der Waals surface area contributed by atoms with Gasteiger partial charge in [0.15, 0.2) is 0 Å². The molecule has 0 atom stereocenters. The van der Waals surface area contributed by atoms with Crippen LogP contribution in [0.4, 0.5) is 0 Å². The van der Waals surface area contributed by atoms with E-state index in [2.05, 4.69) is 4.74 Å². The molecule has 0 aliphatic heterocycles. The Kier molecular flexibility index (Phi) is 8.13. The summed E-state index contributed by atoms with van der Waals surface area (Å²) in [5.74, 6) is -0.484. The molecule has 0 aromatic carbocycles. The lowest BCUT2D eigenvalue weighted by molar-refractivity contribution is -0.140. The molecule has 0 aromatic heterocycles. The number of sulfonamides is 1. The topological polar surface area (TPSA) is 72.9 Å². The van der Waals surface area contributed by atoms with E-state index in [1.807, 2.05) is 13.8 Å². The fourth-order valence-corrected chi connectivity index (χ4v) is 2.66. The predicted molar refractivity (Wildman–Crippen MR) is 68.8 cm³/mol. The van der Waals surface area contributed by atoms with Gasteiger partial charge in [-0.2, -0.15) is 0 Å². The van der Waals surface area contributed by atoms with Crippen LogP contribution in [0, 0.1) is 0 Å². The highest BCUT2D eigenvalue weighted by Crippen LogP contribution is 2.04. The quantitative estimate of drug-likeness (QED) is 0.579. The Labute approximate surface area is 109 Å². The van der Waals surface area contributed by atoms with Gasteiger partial charge in [0.2, 0.25) is 10.0 Å². The monoisotopic (exact) mass is 281 g/mol. The van der Waals surface area contributed by atoms with E-state index in [-0.39, 0.29) is 31.4 Å². The van der Waals surface area contributed by atoms with Crippen molar-refractivity contribution >= 4 is 16.0 Å². The fraction of sp³-hybridized carbons (Fsp3) is 0.909. The molecule has 18 heavy (non-hydrogen) atoms. The van der Waals surface area contributed by atoms with Gasteiger partial charge < -0.3 is 9.47 Å². The van der Waals surface area contributed by atoms with Crippen LogP contribution in [0.3, 0.4) is 0 Å². The van der Waals surface area contributed by atoms with Crippen LogP contribution in [-0.4, -0.2) is 57.4 Å². The number of nitrogens with zero attached hydrogens (tertiary/aromatic N) is 1. The number of carbonyl (C=O) groups is 1. The first-order valence-corrected chi connectivity index (χ1v) is 7.60. The fourth-order valence-electron chi connectivity index (χ4n) is 1.33. The van der Waals surface area contributed by atoms with E-state index in [9.17, 15) is 13.2 Å². The highest BCUT2D eigenvalue weighted by molar-refractivity contribution is 7.89. The molecular formula is C11H23NO5S. The molecular weight excluding hydrogens is 258 g/mol. The number of methoxy groups -OCH3 is 1. The van der Waals surface area contributed by atoms with Crippen LogP contribution in [0.2, 0.25) is 0 Å². The van der Waals surface area contributed by atoms with Crippen molar-refractivity contribution in [3.8, 4) is 0 Å². The average Bonchev–Trinajstić information content (AvgIpc) is 2.28. The maximum Gasteiger partial charge on any atom is 0.306 e. The normalized spacial score (nSPS) is 12.1. The van der Waals surface area contributed by atoms with Gasteiger partial charge in [0.1, 0.15) is 0 Å². The number of ether oxygens (including phenoxy) is 2. The molecule has 0 heterocycles. The van der Waals surface area contributed by atoms with E-state index in [0.29, 0.717) is 6.54 Å². The number of esters is 1. The van der Waals surface area contributed by atoms with E-state index >= 15 is 0 Å². The smallest absolute Gasteiger partial charge is 0.306 e. The van der Waals surface area contributed by atoms with Crippen LogP contribution in [0.1, 0.15) is 27.2 Å². The van der Waals surface area contributed by atoms with Gasteiger partial charge >= 0.3 is 5.97 Å². The molecule has 6 nitrogen and oxygen atoms in total. The molecule has 0 aliphatic carbocycles. The highest BCUT2D eigenvalue weighted by Gasteiger charge is 2.21. The third kappa shape index (κ3) is 6.93. The molecule has 0 unspecified atom stereocenters. The van der Waals surface area contributed by atoms with Gasteiger partial charge in [0, 0.05) is 13.1 Å². The molecule has 0 fully saturated rings. The molecule has 0 aromatic rings. The van der Waals surface area contributed by atoms with Gasteiger partial charge in [0.05, 0.1) is 32.0 Å². The molecule has 0 saturated heterocycles. The van der Waals surface area contributed by atoms with Gasteiger partial charge in [0.25, 0.3) is 0 Å². The summed E-state index contributed by atoms with van der Waals surface area (Å²) >= 11 is 0. The zero-order chi connectivity index (χ0) is 14.2. The van der Waals surface area contributed by atoms with E-state index in [1.54, 1.807) is 6.92 Å². The van der Waals surface area contributed by atoms with Crippen LogP contribution in [-0.2, 0) is 24.3 Å². The Morgan fingerprint density at radius 2 is 1.94 bits per heavy atom. The van der Waals surface area contributed by atoms with Crippen molar-refractivity contribution < 1.29 is 22.7 Å². The van der Waals surface area contributed by atoms with Crippen LogP contribution in [0.5, 0.6) is 0 Å². The lowest BCUT2D eigenvalue weighted by atomic mass is 10.4. The number of carbonyl (C=O) groups excluding carboxylic acids is 1. The summed E-state index contributed by atoms with van der Waals surface area (Å²) in [6, 6.07) is 0. The zero-order valence-electron chi connectivity index (χ0n) is 11.5.